The Bertz CT molecular complexity index is 437. The van der Waals surface area contributed by atoms with Gasteiger partial charge in [-0.25, -0.2) is 4.39 Å². The number of halogens is 1. The first kappa shape index (κ1) is 12.4. The Balaban J connectivity index is 2.37. The molecule has 2 rings (SSSR count). The van der Waals surface area contributed by atoms with E-state index in [0.717, 1.165) is 16.1 Å². The molecular formula is C12H15FN2OS. The van der Waals surface area contributed by atoms with Crippen molar-refractivity contribution in [2.24, 2.45) is 5.73 Å². The lowest BCUT2D eigenvalue weighted by atomic mass is 10.1. The topological polar surface area (TPSA) is 46.3 Å². The van der Waals surface area contributed by atoms with E-state index in [1.54, 1.807) is 0 Å². The summed E-state index contributed by atoms with van der Waals surface area (Å²) < 4.78 is 12.4. The van der Waals surface area contributed by atoms with Crippen LogP contribution in [0.3, 0.4) is 0 Å². The van der Waals surface area contributed by atoms with E-state index in [1.807, 2.05) is 25.1 Å². The number of fused-ring (bicyclic) bond motifs is 1. The van der Waals surface area contributed by atoms with Gasteiger partial charge >= 0.3 is 0 Å². The van der Waals surface area contributed by atoms with Crippen molar-refractivity contribution in [3.63, 3.8) is 0 Å². The van der Waals surface area contributed by atoms with Crippen molar-refractivity contribution in [3.05, 3.63) is 23.8 Å². The summed E-state index contributed by atoms with van der Waals surface area (Å²) in [5.74, 6) is 0.337. The number of hydrogen-bond donors (Lipinski definition) is 1. The van der Waals surface area contributed by atoms with E-state index in [4.69, 9.17) is 5.73 Å². The molecule has 1 aromatic rings. The SMILES string of the molecule is CC(N)c1ccc2c(c1)SCC(=O)N2CCF. The Morgan fingerprint density at radius 2 is 2.35 bits per heavy atom. The zero-order chi connectivity index (χ0) is 12.4. The maximum Gasteiger partial charge on any atom is 0.237 e. The summed E-state index contributed by atoms with van der Waals surface area (Å²) in [4.78, 5) is 14.2. The summed E-state index contributed by atoms with van der Waals surface area (Å²) in [5, 5.41) is 0. The van der Waals surface area contributed by atoms with Crippen LogP contribution in [0.1, 0.15) is 18.5 Å². The van der Waals surface area contributed by atoms with E-state index in [2.05, 4.69) is 0 Å². The van der Waals surface area contributed by atoms with Gasteiger partial charge in [0.2, 0.25) is 5.91 Å². The lowest BCUT2D eigenvalue weighted by molar-refractivity contribution is -0.116. The Hall–Kier alpha value is -1.07. The third-order valence-electron chi connectivity index (χ3n) is 2.76. The number of alkyl halides is 1. The molecule has 1 amide bonds. The third-order valence-corrected chi connectivity index (χ3v) is 3.79. The first-order valence-corrected chi connectivity index (χ1v) is 6.50. The standard InChI is InChI=1S/C12H15FN2OS/c1-8(14)9-2-3-10-11(6-9)17-7-12(16)15(10)5-4-13/h2-3,6,8H,4-5,7,14H2,1H3. The van der Waals surface area contributed by atoms with Gasteiger partial charge in [0.1, 0.15) is 6.67 Å². The first-order valence-electron chi connectivity index (χ1n) is 5.52. The van der Waals surface area contributed by atoms with Gasteiger partial charge in [-0.2, -0.15) is 0 Å². The number of nitrogens with two attached hydrogens (primary N) is 1. The number of thioether (sulfide) groups is 1. The second-order valence-corrected chi connectivity index (χ2v) is 5.06. The number of carbonyl (C=O) groups is 1. The van der Waals surface area contributed by atoms with Gasteiger partial charge in [-0.05, 0) is 24.6 Å². The maximum atomic E-state index is 12.4. The summed E-state index contributed by atoms with van der Waals surface area (Å²) in [6.45, 7) is 1.52. The second kappa shape index (κ2) is 5.06. The van der Waals surface area contributed by atoms with Crippen LogP contribution in [0, 0.1) is 0 Å². The summed E-state index contributed by atoms with van der Waals surface area (Å²) in [6.07, 6.45) is 0. The molecule has 0 saturated carbocycles. The van der Waals surface area contributed by atoms with Crippen molar-refractivity contribution in [1.29, 1.82) is 0 Å². The molecule has 3 nitrogen and oxygen atoms in total. The fraction of sp³-hybridized carbons (Fsp3) is 0.417. The van der Waals surface area contributed by atoms with Crippen molar-refractivity contribution in [3.8, 4) is 0 Å². The van der Waals surface area contributed by atoms with Crippen LogP contribution < -0.4 is 10.6 Å². The molecule has 1 aromatic carbocycles. The molecule has 1 atom stereocenters. The van der Waals surface area contributed by atoms with E-state index < -0.39 is 6.67 Å². The molecule has 92 valence electrons. The summed E-state index contributed by atoms with van der Waals surface area (Å²) in [7, 11) is 0. The minimum atomic E-state index is -0.523. The van der Waals surface area contributed by atoms with Gasteiger partial charge in [-0.15, -0.1) is 11.8 Å². The number of anilines is 1. The molecule has 17 heavy (non-hydrogen) atoms. The fourth-order valence-electron chi connectivity index (χ4n) is 1.83. The van der Waals surface area contributed by atoms with Crippen molar-refractivity contribution in [1.82, 2.24) is 0 Å². The minimum absolute atomic E-state index is 0.0336. The monoisotopic (exact) mass is 254 g/mol. The van der Waals surface area contributed by atoms with Crippen molar-refractivity contribution in [2.45, 2.75) is 17.9 Å². The van der Waals surface area contributed by atoms with Gasteiger partial charge in [0.25, 0.3) is 0 Å². The zero-order valence-corrected chi connectivity index (χ0v) is 10.5. The lowest BCUT2D eigenvalue weighted by Gasteiger charge is -2.28. The highest BCUT2D eigenvalue weighted by molar-refractivity contribution is 8.00. The van der Waals surface area contributed by atoms with Gasteiger partial charge < -0.3 is 10.6 Å². The van der Waals surface area contributed by atoms with Crippen LogP contribution in [0.2, 0.25) is 0 Å². The van der Waals surface area contributed by atoms with E-state index in [0.29, 0.717) is 5.75 Å². The van der Waals surface area contributed by atoms with Crippen molar-refractivity contribution >= 4 is 23.4 Å². The number of carbonyl (C=O) groups excluding carboxylic acids is 1. The Kier molecular flexibility index (Phi) is 3.69. The van der Waals surface area contributed by atoms with Gasteiger partial charge in [0.15, 0.2) is 0 Å². The van der Waals surface area contributed by atoms with Crippen molar-refractivity contribution < 1.29 is 9.18 Å². The number of rotatable bonds is 3. The van der Waals surface area contributed by atoms with Crippen LogP contribution >= 0.6 is 11.8 Å². The first-order chi connectivity index (χ1) is 8.13. The Morgan fingerprint density at radius 3 is 3.00 bits per heavy atom. The molecular weight excluding hydrogens is 239 g/mol. The molecule has 0 bridgehead atoms. The highest BCUT2D eigenvalue weighted by Gasteiger charge is 2.24. The molecule has 2 N–H and O–H groups in total. The number of benzene rings is 1. The fourth-order valence-corrected chi connectivity index (χ4v) is 2.81. The van der Waals surface area contributed by atoms with Crippen LogP contribution in [0.25, 0.3) is 0 Å². The Morgan fingerprint density at radius 1 is 1.59 bits per heavy atom. The second-order valence-electron chi connectivity index (χ2n) is 4.04. The quantitative estimate of drug-likeness (QED) is 0.898. The van der Waals surface area contributed by atoms with Crippen LogP contribution in [0.15, 0.2) is 23.1 Å². The van der Waals surface area contributed by atoms with Crippen LogP contribution in [-0.2, 0) is 4.79 Å². The predicted molar refractivity (Wildman–Crippen MR) is 68.1 cm³/mol. The predicted octanol–water partition coefficient (Wildman–Crippen LogP) is 2.11. The van der Waals surface area contributed by atoms with Crippen LogP contribution in [0.5, 0.6) is 0 Å². The zero-order valence-electron chi connectivity index (χ0n) is 9.65. The molecule has 0 aliphatic carbocycles. The van der Waals surface area contributed by atoms with E-state index in [1.165, 1.54) is 16.7 Å². The van der Waals surface area contributed by atoms with Gasteiger partial charge in [0, 0.05) is 10.9 Å². The summed E-state index contributed by atoms with van der Waals surface area (Å²) >= 11 is 1.49. The highest BCUT2D eigenvalue weighted by Crippen LogP contribution is 2.36. The third kappa shape index (κ3) is 2.45. The molecule has 0 radical (unpaired) electrons. The van der Waals surface area contributed by atoms with Gasteiger partial charge in [-0.3, -0.25) is 4.79 Å². The summed E-state index contributed by atoms with van der Waals surface area (Å²) in [5.41, 5.74) is 7.65. The molecule has 0 aromatic heterocycles. The molecule has 1 heterocycles. The molecule has 1 aliphatic heterocycles. The number of amides is 1. The highest BCUT2D eigenvalue weighted by atomic mass is 32.2. The smallest absolute Gasteiger partial charge is 0.237 e. The number of nitrogens with zero attached hydrogens (tertiary/aromatic N) is 1. The normalized spacial score (nSPS) is 16.9. The van der Waals surface area contributed by atoms with E-state index >= 15 is 0 Å². The average molecular weight is 254 g/mol. The van der Waals surface area contributed by atoms with Crippen LogP contribution in [0.4, 0.5) is 10.1 Å². The van der Waals surface area contributed by atoms with Gasteiger partial charge in [-0.1, -0.05) is 6.07 Å². The average Bonchev–Trinajstić information content (AvgIpc) is 2.32. The number of hydrogen-bond acceptors (Lipinski definition) is 3. The molecule has 1 unspecified atom stereocenters. The Labute approximate surface area is 104 Å². The largest absolute Gasteiger partial charge is 0.324 e. The lowest BCUT2D eigenvalue weighted by Crippen LogP contribution is -2.37. The molecule has 1 aliphatic rings. The molecule has 0 saturated heterocycles. The van der Waals surface area contributed by atoms with Crippen molar-refractivity contribution in [2.75, 3.05) is 23.9 Å². The minimum Gasteiger partial charge on any atom is -0.324 e. The molecule has 5 heteroatoms. The van der Waals surface area contributed by atoms with Gasteiger partial charge in [0.05, 0.1) is 18.0 Å². The maximum absolute atomic E-state index is 12.4. The molecule has 0 fully saturated rings. The van der Waals surface area contributed by atoms with E-state index in [-0.39, 0.29) is 18.5 Å². The summed E-state index contributed by atoms with van der Waals surface area (Å²) in [6, 6.07) is 5.71. The van der Waals surface area contributed by atoms with Crippen LogP contribution in [-0.4, -0.2) is 24.9 Å². The molecule has 0 spiro atoms. The van der Waals surface area contributed by atoms with E-state index in [9.17, 15) is 9.18 Å².